The quantitative estimate of drug-likeness (QED) is 0.825. The Morgan fingerprint density at radius 2 is 2.00 bits per heavy atom. The molecule has 0 saturated heterocycles. The molecule has 1 amide bonds. The third-order valence-electron chi connectivity index (χ3n) is 2.51. The molecule has 0 spiro atoms. The lowest BCUT2D eigenvalue weighted by Gasteiger charge is -2.15. The van der Waals surface area contributed by atoms with E-state index in [1.807, 2.05) is 13.8 Å². The van der Waals surface area contributed by atoms with Crippen LogP contribution < -0.4 is 5.32 Å². The van der Waals surface area contributed by atoms with Crippen LogP contribution in [0, 0.1) is 5.92 Å². The molecule has 0 radical (unpaired) electrons. The molecule has 8 heteroatoms. The summed E-state index contributed by atoms with van der Waals surface area (Å²) in [5.74, 6) is -1.57. The van der Waals surface area contributed by atoms with Gasteiger partial charge in [-0.05, 0) is 18.4 Å². The average molecular weight is 319 g/mol. The van der Waals surface area contributed by atoms with Gasteiger partial charge in [0.2, 0.25) is 0 Å². The Balaban J connectivity index is 2.84. The van der Waals surface area contributed by atoms with Gasteiger partial charge in [0.1, 0.15) is 10.3 Å². The van der Waals surface area contributed by atoms with Gasteiger partial charge in [-0.25, -0.2) is 13.2 Å². The monoisotopic (exact) mass is 319 g/mol. The van der Waals surface area contributed by atoms with Gasteiger partial charge < -0.3 is 10.4 Å². The second kappa shape index (κ2) is 6.36. The van der Waals surface area contributed by atoms with Crippen LogP contribution in [-0.2, 0) is 14.6 Å². The van der Waals surface area contributed by atoms with Crippen LogP contribution in [0.25, 0.3) is 0 Å². The van der Waals surface area contributed by atoms with E-state index in [1.165, 1.54) is 11.4 Å². The molecule has 1 rings (SSSR count). The number of hydrogen-bond donors (Lipinski definition) is 2. The highest BCUT2D eigenvalue weighted by atomic mass is 32.2. The summed E-state index contributed by atoms with van der Waals surface area (Å²) in [4.78, 5) is 23.0. The minimum absolute atomic E-state index is 0.0818. The van der Waals surface area contributed by atoms with E-state index in [4.69, 9.17) is 5.11 Å². The van der Waals surface area contributed by atoms with Gasteiger partial charge in [-0.1, -0.05) is 13.8 Å². The molecular weight excluding hydrogens is 302 g/mol. The van der Waals surface area contributed by atoms with Gasteiger partial charge in [0.05, 0.1) is 5.56 Å². The van der Waals surface area contributed by atoms with E-state index >= 15 is 0 Å². The molecule has 0 aromatic carbocycles. The molecule has 0 bridgehead atoms. The molecule has 1 atom stereocenters. The second-order valence-corrected chi connectivity index (χ2v) is 8.07. The Morgan fingerprint density at radius 1 is 1.40 bits per heavy atom. The number of nitrogens with one attached hydrogen (secondary N) is 1. The number of carboxylic acid groups (broad SMARTS) is 1. The Hall–Kier alpha value is -1.41. The van der Waals surface area contributed by atoms with E-state index < -0.39 is 27.8 Å². The molecule has 0 aliphatic heterocycles. The summed E-state index contributed by atoms with van der Waals surface area (Å²) >= 11 is 0.938. The van der Waals surface area contributed by atoms with Crippen molar-refractivity contribution in [1.82, 2.24) is 5.32 Å². The first-order chi connectivity index (χ1) is 9.11. The summed E-state index contributed by atoms with van der Waals surface area (Å²) in [5.41, 5.74) is 0.158. The van der Waals surface area contributed by atoms with Crippen molar-refractivity contribution in [3.05, 3.63) is 17.0 Å². The standard InChI is InChI=1S/C12H17NO5S2/c1-7(2)4-9(12(15)16)13-11(14)8-5-10(19-6-8)20(3,17)18/h5-7,9H,4H2,1-3H3,(H,13,14)(H,15,16)/t9-/m0/s1. The van der Waals surface area contributed by atoms with Crippen LogP contribution >= 0.6 is 11.3 Å². The zero-order valence-electron chi connectivity index (χ0n) is 11.4. The molecule has 0 saturated carbocycles. The predicted octanol–water partition coefficient (Wildman–Crippen LogP) is 1.38. The third kappa shape index (κ3) is 4.61. The van der Waals surface area contributed by atoms with Gasteiger partial charge in [-0.15, -0.1) is 11.3 Å². The minimum atomic E-state index is -3.36. The van der Waals surface area contributed by atoms with Crippen molar-refractivity contribution >= 4 is 33.1 Å². The summed E-state index contributed by atoms with van der Waals surface area (Å²) in [7, 11) is -3.36. The summed E-state index contributed by atoms with van der Waals surface area (Å²) < 4.78 is 22.7. The van der Waals surface area contributed by atoms with Crippen molar-refractivity contribution < 1.29 is 23.1 Å². The van der Waals surface area contributed by atoms with E-state index in [1.54, 1.807) is 0 Å². The number of aliphatic carboxylic acids is 1. The lowest BCUT2D eigenvalue weighted by molar-refractivity contribution is -0.139. The normalized spacial score (nSPS) is 13.2. The number of carboxylic acids is 1. The molecule has 0 aliphatic carbocycles. The van der Waals surface area contributed by atoms with Gasteiger partial charge in [0.25, 0.3) is 5.91 Å². The third-order valence-corrected chi connectivity index (χ3v) is 5.28. The molecular formula is C12H17NO5S2. The molecule has 0 fully saturated rings. The zero-order chi connectivity index (χ0) is 15.5. The van der Waals surface area contributed by atoms with Crippen molar-refractivity contribution in [3.63, 3.8) is 0 Å². The smallest absolute Gasteiger partial charge is 0.326 e. The van der Waals surface area contributed by atoms with E-state index in [2.05, 4.69) is 5.32 Å². The van der Waals surface area contributed by atoms with Crippen LogP contribution in [0.3, 0.4) is 0 Å². The van der Waals surface area contributed by atoms with Gasteiger partial charge >= 0.3 is 5.97 Å². The number of carbonyl (C=O) groups is 2. The maximum Gasteiger partial charge on any atom is 0.326 e. The van der Waals surface area contributed by atoms with Gasteiger partial charge in [0, 0.05) is 11.6 Å². The van der Waals surface area contributed by atoms with Gasteiger partial charge in [-0.3, -0.25) is 4.79 Å². The van der Waals surface area contributed by atoms with Crippen molar-refractivity contribution in [2.75, 3.05) is 6.26 Å². The largest absolute Gasteiger partial charge is 0.480 e. The van der Waals surface area contributed by atoms with E-state index in [9.17, 15) is 18.0 Å². The molecule has 2 N–H and O–H groups in total. The SMILES string of the molecule is CC(C)C[C@H](NC(=O)c1csc(S(C)(=O)=O)c1)C(=O)O. The maximum absolute atomic E-state index is 11.9. The van der Waals surface area contributed by atoms with E-state index in [0.717, 1.165) is 17.6 Å². The van der Waals surface area contributed by atoms with Crippen LogP contribution in [0.15, 0.2) is 15.7 Å². The fraction of sp³-hybridized carbons (Fsp3) is 0.500. The molecule has 1 aromatic heterocycles. The number of thiophene rings is 1. The highest BCUT2D eigenvalue weighted by Crippen LogP contribution is 2.20. The summed E-state index contributed by atoms with van der Waals surface area (Å²) in [6, 6.07) is 0.271. The van der Waals surface area contributed by atoms with Gasteiger partial charge in [0.15, 0.2) is 9.84 Å². The fourth-order valence-corrected chi connectivity index (χ4v) is 3.36. The minimum Gasteiger partial charge on any atom is -0.480 e. The lowest BCUT2D eigenvalue weighted by Crippen LogP contribution is -2.41. The van der Waals surface area contributed by atoms with Crippen molar-refractivity contribution in [2.45, 2.75) is 30.5 Å². The first-order valence-corrected chi connectivity index (χ1v) is 8.70. The fourth-order valence-electron chi connectivity index (χ4n) is 1.56. The highest BCUT2D eigenvalue weighted by Gasteiger charge is 2.23. The van der Waals surface area contributed by atoms with Crippen LogP contribution in [-0.4, -0.2) is 37.7 Å². The summed E-state index contributed by atoms with van der Waals surface area (Å²) in [5, 5.41) is 12.8. The molecule has 20 heavy (non-hydrogen) atoms. The topological polar surface area (TPSA) is 101 Å². The summed E-state index contributed by atoms with van der Waals surface area (Å²) in [6.45, 7) is 3.71. The van der Waals surface area contributed by atoms with E-state index in [0.29, 0.717) is 6.42 Å². The van der Waals surface area contributed by atoms with Crippen molar-refractivity contribution in [3.8, 4) is 0 Å². The highest BCUT2D eigenvalue weighted by molar-refractivity contribution is 7.92. The molecule has 6 nitrogen and oxygen atoms in total. The molecule has 0 aliphatic rings. The number of rotatable bonds is 6. The van der Waals surface area contributed by atoms with Crippen LogP contribution in [0.4, 0.5) is 0 Å². The number of carbonyl (C=O) groups excluding carboxylic acids is 1. The molecule has 0 unspecified atom stereocenters. The van der Waals surface area contributed by atoms with Crippen LogP contribution in [0.5, 0.6) is 0 Å². The Bertz CT molecular complexity index is 603. The number of sulfone groups is 1. The number of amides is 1. The zero-order valence-corrected chi connectivity index (χ0v) is 13.0. The maximum atomic E-state index is 11.9. The summed E-state index contributed by atoms with van der Waals surface area (Å²) in [6.07, 6.45) is 1.36. The first-order valence-electron chi connectivity index (χ1n) is 5.93. The molecule has 112 valence electrons. The Morgan fingerprint density at radius 3 is 2.40 bits per heavy atom. The number of hydrogen-bond acceptors (Lipinski definition) is 5. The Labute approximate surface area is 121 Å². The molecule has 1 aromatic rings. The van der Waals surface area contributed by atoms with Crippen LogP contribution in [0.1, 0.15) is 30.6 Å². The van der Waals surface area contributed by atoms with Gasteiger partial charge in [-0.2, -0.15) is 0 Å². The lowest BCUT2D eigenvalue weighted by atomic mass is 10.0. The van der Waals surface area contributed by atoms with Crippen molar-refractivity contribution in [1.29, 1.82) is 0 Å². The average Bonchev–Trinajstić information content (AvgIpc) is 2.75. The Kier molecular flexibility index (Phi) is 5.29. The second-order valence-electron chi connectivity index (χ2n) is 4.92. The predicted molar refractivity (Wildman–Crippen MR) is 75.8 cm³/mol. The van der Waals surface area contributed by atoms with E-state index in [-0.39, 0.29) is 15.7 Å². The van der Waals surface area contributed by atoms with Crippen molar-refractivity contribution in [2.24, 2.45) is 5.92 Å². The molecule has 1 heterocycles. The van der Waals surface area contributed by atoms with Crippen LogP contribution in [0.2, 0.25) is 0 Å². The first kappa shape index (κ1) is 16.6.